The van der Waals surface area contributed by atoms with Crippen molar-refractivity contribution in [3.8, 4) is 0 Å². The Labute approximate surface area is 156 Å². The van der Waals surface area contributed by atoms with Gasteiger partial charge in [0, 0.05) is 19.0 Å². The van der Waals surface area contributed by atoms with Gasteiger partial charge in [0.25, 0.3) is 0 Å². The van der Waals surface area contributed by atoms with Gasteiger partial charge in [0.2, 0.25) is 5.89 Å². The van der Waals surface area contributed by atoms with Crippen molar-refractivity contribution in [1.82, 2.24) is 20.4 Å². The van der Waals surface area contributed by atoms with E-state index in [-0.39, 0.29) is 5.92 Å². The highest BCUT2D eigenvalue weighted by molar-refractivity contribution is 6.35. The first-order valence-electron chi connectivity index (χ1n) is 9.13. The van der Waals surface area contributed by atoms with Gasteiger partial charge in [-0.2, -0.15) is 4.98 Å². The third-order valence-corrected chi connectivity index (χ3v) is 5.35. The second-order valence-corrected chi connectivity index (χ2v) is 7.41. The van der Waals surface area contributed by atoms with Crippen molar-refractivity contribution in [1.29, 1.82) is 0 Å². The van der Waals surface area contributed by atoms with Gasteiger partial charge in [0.05, 0.1) is 18.1 Å². The fourth-order valence-electron chi connectivity index (χ4n) is 3.53. The molecule has 1 aliphatic carbocycles. The number of aromatic nitrogens is 2. The lowest BCUT2D eigenvalue weighted by atomic mass is 10.1. The maximum Gasteiger partial charge on any atom is 0.311 e. The van der Waals surface area contributed by atoms with Gasteiger partial charge in [0.15, 0.2) is 5.82 Å². The molecule has 8 heteroatoms. The Bertz CT molecular complexity index is 852. The summed E-state index contributed by atoms with van der Waals surface area (Å²) in [4.78, 5) is 30.4. The molecular weight excluding hydrogens is 348 g/mol. The van der Waals surface area contributed by atoms with E-state index in [0.717, 1.165) is 5.56 Å². The molecule has 4 rings (SSSR count). The molecule has 2 heterocycles. The summed E-state index contributed by atoms with van der Waals surface area (Å²) in [5.74, 6) is -0.394. The molecule has 27 heavy (non-hydrogen) atoms. The summed E-state index contributed by atoms with van der Waals surface area (Å²) < 4.78 is 5.24. The molecule has 1 aromatic carbocycles. The molecule has 1 aromatic heterocycles. The standard InChI is InChI=1S/C19H22N4O4/c1-12(16-21-15(27-22-16)9-13-5-3-2-4-6-13)20-17(24)18(25)23-8-7-19(26)10-14(19)11-23/h2-6,12,14,26H,7-11H2,1H3,(H,20,24)/t12?,14-,19+/m0/s1. The van der Waals surface area contributed by atoms with Crippen LogP contribution in [-0.2, 0) is 16.0 Å². The van der Waals surface area contributed by atoms with Crippen molar-refractivity contribution < 1.29 is 19.2 Å². The van der Waals surface area contributed by atoms with Crippen molar-refractivity contribution in [2.24, 2.45) is 5.92 Å². The Morgan fingerprint density at radius 2 is 2.19 bits per heavy atom. The summed E-state index contributed by atoms with van der Waals surface area (Å²) in [7, 11) is 0. The average Bonchev–Trinajstić information content (AvgIpc) is 3.12. The van der Waals surface area contributed by atoms with Gasteiger partial charge in [-0.25, -0.2) is 0 Å². The van der Waals surface area contributed by atoms with Crippen LogP contribution in [0.5, 0.6) is 0 Å². The van der Waals surface area contributed by atoms with E-state index in [1.165, 1.54) is 4.90 Å². The number of carbonyl (C=O) groups is 2. The number of carbonyl (C=O) groups excluding carboxylic acids is 2. The van der Waals surface area contributed by atoms with Crippen LogP contribution in [0.15, 0.2) is 34.9 Å². The number of benzene rings is 1. The molecule has 0 bridgehead atoms. The predicted octanol–water partition coefficient (Wildman–Crippen LogP) is 0.821. The second-order valence-electron chi connectivity index (χ2n) is 7.41. The Kier molecular flexibility index (Phi) is 4.43. The third kappa shape index (κ3) is 3.71. The number of hydrogen-bond donors (Lipinski definition) is 2. The zero-order valence-corrected chi connectivity index (χ0v) is 15.1. The van der Waals surface area contributed by atoms with E-state index in [1.54, 1.807) is 6.92 Å². The quantitative estimate of drug-likeness (QED) is 0.772. The molecule has 3 atom stereocenters. The largest absolute Gasteiger partial charge is 0.389 e. The minimum Gasteiger partial charge on any atom is -0.389 e. The minimum atomic E-state index is -0.692. The van der Waals surface area contributed by atoms with Gasteiger partial charge in [-0.3, -0.25) is 9.59 Å². The van der Waals surface area contributed by atoms with Crippen LogP contribution in [0, 0.1) is 5.92 Å². The number of likely N-dealkylation sites (tertiary alicyclic amines) is 1. The fourth-order valence-corrected chi connectivity index (χ4v) is 3.53. The molecule has 0 radical (unpaired) electrons. The van der Waals surface area contributed by atoms with Crippen LogP contribution in [-0.4, -0.2) is 50.7 Å². The normalized spacial score (nSPS) is 24.8. The first kappa shape index (κ1) is 17.7. The third-order valence-electron chi connectivity index (χ3n) is 5.35. The molecular formula is C19H22N4O4. The Hall–Kier alpha value is -2.74. The van der Waals surface area contributed by atoms with Crippen molar-refractivity contribution in [2.75, 3.05) is 13.1 Å². The lowest BCUT2D eigenvalue weighted by Gasteiger charge is -2.28. The molecule has 142 valence electrons. The van der Waals surface area contributed by atoms with Crippen LogP contribution >= 0.6 is 0 Å². The van der Waals surface area contributed by atoms with E-state index < -0.39 is 23.5 Å². The van der Waals surface area contributed by atoms with Gasteiger partial charge >= 0.3 is 11.8 Å². The molecule has 2 fully saturated rings. The highest BCUT2D eigenvalue weighted by Crippen LogP contribution is 2.49. The van der Waals surface area contributed by atoms with Crippen molar-refractivity contribution in [3.63, 3.8) is 0 Å². The van der Waals surface area contributed by atoms with Crippen LogP contribution in [0.1, 0.15) is 43.1 Å². The lowest BCUT2D eigenvalue weighted by molar-refractivity contribution is -0.147. The first-order chi connectivity index (χ1) is 12.9. The zero-order chi connectivity index (χ0) is 19.0. The molecule has 1 unspecified atom stereocenters. The Morgan fingerprint density at radius 3 is 2.93 bits per heavy atom. The van der Waals surface area contributed by atoms with Gasteiger partial charge in [-0.05, 0) is 25.3 Å². The fraction of sp³-hybridized carbons (Fsp3) is 0.474. The van der Waals surface area contributed by atoms with E-state index in [2.05, 4.69) is 15.5 Å². The summed E-state index contributed by atoms with van der Waals surface area (Å²) in [6.07, 6.45) is 1.74. The number of hydrogen-bond acceptors (Lipinski definition) is 6. The topological polar surface area (TPSA) is 109 Å². The summed E-state index contributed by atoms with van der Waals surface area (Å²) in [6.45, 7) is 2.54. The maximum absolute atomic E-state index is 12.3. The Morgan fingerprint density at radius 1 is 1.41 bits per heavy atom. The minimum absolute atomic E-state index is 0.0955. The number of fused-ring (bicyclic) bond motifs is 1. The molecule has 1 saturated heterocycles. The second kappa shape index (κ2) is 6.77. The van der Waals surface area contributed by atoms with Crippen LogP contribution in [0.4, 0.5) is 0 Å². The monoisotopic (exact) mass is 370 g/mol. The van der Waals surface area contributed by atoms with E-state index in [4.69, 9.17) is 4.52 Å². The molecule has 2 amide bonds. The lowest BCUT2D eigenvalue weighted by Crippen LogP contribution is -2.48. The molecule has 2 aromatic rings. The number of aliphatic hydroxyl groups is 1. The summed E-state index contributed by atoms with van der Waals surface area (Å²) in [6, 6.07) is 9.19. The molecule has 8 nitrogen and oxygen atoms in total. The Balaban J connectivity index is 1.32. The van der Waals surface area contributed by atoms with Crippen LogP contribution < -0.4 is 5.32 Å². The van der Waals surface area contributed by atoms with Crippen molar-refractivity contribution in [3.05, 3.63) is 47.6 Å². The van der Waals surface area contributed by atoms with E-state index in [0.29, 0.717) is 44.1 Å². The molecule has 2 N–H and O–H groups in total. The molecule has 1 saturated carbocycles. The average molecular weight is 370 g/mol. The number of nitrogens with one attached hydrogen (secondary N) is 1. The van der Waals surface area contributed by atoms with Crippen molar-refractivity contribution in [2.45, 2.75) is 37.8 Å². The van der Waals surface area contributed by atoms with E-state index in [1.807, 2.05) is 30.3 Å². The number of piperidine rings is 1. The van der Waals surface area contributed by atoms with Gasteiger partial charge in [-0.15, -0.1) is 0 Å². The van der Waals surface area contributed by atoms with E-state index in [9.17, 15) is 14.7 Å². The zero-order valence-electron chi connectivity index (χ0n) is 15.1. The van der Waals surface area contributed by atoms with E-state index >= 15 is 0 Å². The highest BCUT2D eigenvalue weighted by Gasteiger charge is 2.56. The molecule has 0 spiro atoms. The van der Waals surface area contributed by atoms with Crippen LogP contribution in [0.25, 0.3) is 0 Å². The molecule has 2 aliphatic rings. The summed E-state index contributed by atoms with van der Waals surface area (Å²) in [5, 5.41) is 16.6. The number of amides is 2. The summed E-state index contributed by atoms with van der Waals surface area (Å²) >= 11 is 0. The number of rotatable bonds is 4. The molecule has 1 aliphatic heterocycles. The van der Waals surface area contributed by atoms with Gasteiger partial charge < -0.3 is 19.8 Å². The highest BCUT2D eigenvalue weighted by atomic mass is 16.5. The summed E-state index contributed by atoms with van der Waals surface area (Å²) in [5.41, 5.74) is 0.435. The maximum atomic E-state index is 12.3. The predicted molar refractivity (Wildman–Crippen MR) is 94.4 cm³/mol. The first-order valence-corrected chi connectivity index (χ1v) is 9.13. The SMILES string of the molecule is CC(NC(=O)C(=O)N1CC[C@@]2(O)C[C@H]2C1)c1noc(Cc2ccccc2)n1. The van der Waals surface area contributed by atoms with Crippen LogP contribution in [0.2, 0.25) is 0 Å². The van der Waals surface area contributed by atoms with Crippen molar-refractivity contribution >= 4 is 11.8 Å². The van der Waals surface area contributed by atoms with Crippen LogP contribution in [0.3, 0.4) is 0 Å². The smallest absolute Gasteiger partial charge is 0.311 e. The van der Waals surface area contributed by atoms with Gasteiger partial charge in [-0.1, -0.05) is 35.5 Å². The van der Waals surface area contributed by atoms with Gasteiger partial charge in [0.1, 0.15) is 0 Å². The number of nitrogens with zero attached hydrogens (tertiary/aromatic N) is 3.